The van der Waals surface area contributed by atoms with E-state index in [1.807, 2.05) is 60.5 Å². The van der Waals surface area contributed by atoms with Gasteiger partial charge in [0.05, 0.1) is 5.92 Å². The van der Waals surface area contributed by atoms with Crippen LogP contribution in [0.4, 0.5) is 5.69 Å². The summed E-state index contributed by atoms with van der Waals surface area (Å²) in [7, 11) is 1.87. The van der Waals surface area contributed by atoms with Gasteiger partial charge in [-0.15, -0.1) is 0 Å². The van der Waals surface area contributed by atoms with Crippen LogP contribution in [0.5, 0.6) is 11.5 Å². The summed E-state index contributed by atoms with van der Waals surface area (Å²) in [5.74, 6) is -1.57. The van der Waals surface area contributed by atoms with E-state index in [0.29, 0.717) is 29.3 Å². The maximum Gasteiger partial charge on any atom is 0.250 e. The first kappa shape index (κ1) is 22.2. The first-order valence-electron chi connectivity index (χ1n) is 11.5. The van der Waals surface area contributed by atoms with Crippen LogP contribution < -0.4 is 5.32 Å². The number of carbonyl (C=O) groups is 2. The molecular weight excluding hydrogens is 428 g/mol. The fraction of sp³-hybridized carbons (Fsp3) is 0.286. The summed E-state index contributed by atoms with van der Waals surface area (Å²) in [6, 6.07) is 19.8. The molecule has 6 heteroatoms. The number of phenolic OH excluding ortho intramolecular Hbond substituents is 2. The molecule has 0 aliphatic carbocycles. The minimum Gasteiger partial charge on any atom is -0.504 e. The molecule has 6 nitrogen and oxygen atoms in total. The van der Waals surface area contributed by atoms with Gasteiger partial charge in [-0.05, 0) is 42.3 Å². The average molecular weight is 457 g/mol. The zero-order chi connectivity index (χ0) is 24.2. The molecule has 0 aromatic heterocycles. The highest BCUT2D eigenvalue weighted by Gasteiger charge is 2.64. The van der Waals surface area contributed by atoms with E-state index in [0.717, 1.165) is 11.1 Å². The van der Waals surface area contributed by atoms with Crippen LogP contribution in [0.1, 0.15) is 52.7 Å². The van der Waals surface area contributed by atoms with Crippen molar-refractivity contribution in [3.8, 4) is 11.5 Å². The van der Waals surface area contributed by atoms with Crippen LogP contribution in [0, 0.1) is 5.92 Å². The molecular formula is C28H28N2O4. The molecule has 2 heterocycles. The monoisotopic (exact) mass is 456 g/mol. The number of Topliss-reactive ketones (excluding diaryl/α,β-unsaturated/α-hetero) is 1. The van der Waals surface area contributed by atoms with E-state index in [-0.39, 0.29) is 29.1 Å². The smallest absolute Gasteiger partial charge is 0.250 e. The molecule has 3 unspecified atom stereocenters. The molecule has 1 fully saturated rings. The van der Waals surface area contributed by atoms with Gasteiger partial charge < -0.3 is 15.5 Å². The van der Waals surface area contributed by atoms with E-state index in [9.17, 15) is 19.8 Å². The van der Waals surface area contributed by atoms with Gasteiger partial charge in [-0.1, -0.05) is 62.4 Å². The first-order valence-corrected chi connectivity index (χ1v) is 11.5. The minimum atomic E-state index is -1.18. The van der Waals surface area contributed by atoms with E-state index in [4.69, 9.17) is 0 Å². The second kappa shape index (κ2) is 7.99. The molecule has 1 saturated heterocycles. The van der Waals surface area contributed by atoms with Gasteiger partial charge in [0, 0.05) is 29.3 Å². The molecule has 3 aromatic carbocycles. The zero-order valence-electron chi connectivity index (χ0n) is 19.4. The van der Waals surface area contributed by atoms with Crippen LogP contribution in [0.3, 0.4) is 0 Å². The largest absolute Gasteiger partial charge is 0.504 e. The van der Waals surface area contributed by atoms with E-state index in [1.165, 1.54) is 12.1 Å². The van der Waals surface area contributed by atoms with Crippen LogP contribution >= 0.6 is 0 Å². The van der Waals surface area contributed by atoms with Crippen molar-refractivity contribution < 1.29 is 19.8 Å². The molecule has 1 amide bonds. The minimum absolute atomic E-state index is 0.121. The SMILES string of the molecule is CC(C)c1ccc(C(=O)C2C(c3ccc(O)c(O)c3)CN(C)C23C(=O)Nc2ccccc23)cc1. The number of phenols is 2. The van der Waals surface area contributed by atoms with E-state index in [2.05, 4.69) is 19.2 Å². The van der Waals surface area contributed by atoms with Crippen LogP contribution in [-0.4, -0.2) is 40.4 Å². The van der Waals surface area contributed by atoms with Crippen molar-refractivity contribution in [2.45, 2.75) is 31.2 Å². The number of hydrogen-bond acceptors (Lipinski definition) is 5. The van der Waals surface area contributed by atoms with E-state index < -0.39 is 11.5 Å². The Morgan fingerprint density at radius 1 is 1.03 bits per heavy atom. The molecule has 0 radical (unpaired) electrons. The standard InChI is InChI=1S/C28H28N2O4/c1-16(2)17-8-10-18(11-9-17)26(33)25-20(19-12-13-23(31)24(32)14-19)15-30(3)28(25)21-6-4-5-7-22(21)29-27(28)34/h4-14,16,20,25,31-32H,15H2,1-3H3,(H,29,34). The zero-order valence-corrected chi connectivity index (χ0v) is 19.4. The summed E-state index contributed by atoms with van der Waals surface area (Å²) < 4.78 is 0. The first-order chi connectivity index (χ1) is 16.2. The summed E-state index contributed by atoms with van der Waals surface area (Å²) in [4.78, 5) is 29.8. The molecule has 34 heavy (non-hydrogen) atoms. The van der Waals surface area contributed by atoms with Crippen molar-refractivity contribution in [2.75, 3.05) is 18.9 Å². The molecule has 2 aliphatic heterocycles. The normalized spacial score (nSPS) is 23.9. The molecule has 1 spiro atoms. The molecule has 174 valence electrons. The van der Waals surface area contributed by atoms with Gasteiger partial charge in [0.15, 0.2) is 17.3 Å². The van der Waals surface area contributed by atoms with Gasteiger partial charge in [0.1, 0.15) is 5.54 Å². The maximum absolute atomic E-state index is 14.2. The third-order valence-corrected chi connectivity index (χ3v) is 7.43. The Bertz CT molecular complexity index is 1280. The molecule has 0 saturated carbocycles. The predicted octanol–water partition coefficient (Wildman–Crippen LogP) is 4.60. The lowest BCUT2D eigenvalue weighted by molar-refractivity contribution is -0.126. The van der Waals surface area contributed by atoms with E-state index in [1.54, 1.807) is 6.07 Å². The predicted molar refractivity (Wildman–Crippen MR) is 130 cm³/mol. The van der Waals surface area contributed by atoms with Gasteiger partial charge >= 0.3 is 0 Å². The number of amides is 1. The van der Waals surface area contributed by atoms with Crippen molar-refractivity contribution in [1.29, 1.82) is 0 Å². The Kier molecular flexibility index (Phi) is 5.21. The fourth-order valence-electron chi connectivity index (χ4n) is 5.68. The third-order valence-electron chi connectivity index (χ3n) is 7.43. The number of aromatic hydroxyl groups is 2. The molecule has 5 rings (SSSR count). The number of para-hydroxylation sites is 1. The fourth-order valence-corrected chi connectivity index (χ4v) is 5.68. The van der Waals surface area contributed by atoms with Gasteiger partial charge in [-0.3, -0.25) is 14.5 Å². The van der Waals surface area contributed by atoms with Crippen molar-refractivity contribution in [2.24, 2.45) is 5.92 Å². The van der Waals surface area contributed by atoms with Crippen molar-refractivity contribution >= 4 is 17.4 Å². The van der Waals surface area contributed by atoms with Crippen molar-refractivity contribution in [3.05, 3.63) is 89.0 Å². The molecule has 2 aliphatic rings. The third kappa shape index (κ3) is 3.13. The maximum atomic E-state index is 14.2. The number of likely N-dealkylation sites (tertiary alicyclic amines) is 1. The summed E-state index contributed by atoms with van der Waals surface area (Å²) in [6.45, 7) is 4.64. The Hall–Kier alpha value is -3.64. The van der Waals surface area contributed by atoms with Crippen molar-refractivity contribution in [3.63, 3.8) is 0 Å². The number of fused-ring (bicyclic) bond motifs is 2. The van der Waals surface area contributed by atoms with Crippen LogP contribution in [0.2, 0.25) is 0 Å². The van der Waals surface area contributed by atoms with Gasteiger partial charge in [-0.25, -0.2) is 0 Å². The number of benzene rings is 3. The molecule has 0 bridgehead atoms. The average Bonchev–Trinajstić information content (AvgIpc) is 3.30. The highest BCUT2D eigenvalue weighted by atomic mass is 16.3. The second-order valence-corrected chi connectivity index (χ2v) is 9.62. The molecule has 3 atom stereocenters. The number of hydrogen-bond donors (Lipinski definition) is 3. The molecule has 3 aromatic rings. The topological polar surface area (TPSA) is 89.9 Å². The number of rotatable bonds is 4. The van der Waals surface area contributed by atoms with Crippen LogP contribution in [-0.2, 0) is 10.3 Å². The Morgan fingerprint density at radius 3 is 2.41 bits per heavy atom. The number of nitrogens with one attached hydrogen (secondary N) is 1. The van der Waals surface area contributed by atoms with Gasteiger partial charge in [-0.2, -0.15) is 0 Å². The van der Waals surface area contributed by atoms with Crippen LogP contribution in [0.15, 0.2) is 66.7 Å². The number of likely N-dealkylation sites (N-methyl/N-ethyl adjacent to an activating group) is 1. The number of anilines is 1. The van der Waals surface area contributed by atoms with E-state index >= 15 is 0 Å². The Morgan fingerprint density at radius 2 is 1.74 bits per heavy atom. The lowest BCUT2D eigenvalue weighted by atomic mass is 9.70. The van der Waals surface area contributed by atoms with Crippen molar-refractivity contribution in [1.82, 2.24) is 4.90 Å². The summed E-state index contributed by atoms with van der Waals surface area (Å²) >= 11 is 0. The number of nitrogens with zero attached hydrogens (tertiary/aromatic N) is 1. The summed E-state index contributed by atoms with van der Waals surface area (Å²) in [5.41, 5.74) is 2.70. The quantitative estimate of drug-likeness (QED) is 0.394. The second-order valence-electron chi connectivity index (χ2n) is 9.62. The number of ketones is 1. The lowest BCUT2D eigenvalue weighted by Crippen LogP contribution is -2.51. The summed E-state index contributed by atoms with van der Waals surface area (Å²) in [6.07, 6.45) is 0. The highest BCUT2D eigenvalue weighted by molar-refractivity contribution is 6.12. The van der Waals surface area contributed by atoms with Gasteiger partial charge in [0.25, 0.3) is 0 Å². The highest BCUT2D eigenvalue weighted by Crippen LogP contribution is 2.55. The lowest BCUT2D eigenvalue weighted by Gasteiger charge is -2.35. The Labute approximate surface area is 198 Å². The van der Waals surface area contributed by atoms with Gasteiger partial charge in [0.2, 0.25) is 5.91 Å². The number of carbonyl (C=O) groups excluding carboxylic acids is 2. The van der Waals surface area contributed by atoms with Crippen LogP contribution in [0.25, 0.3) is 0 Å². The summed E-state index contributed by atoms with van der Waals surface area (Å²) in [5, 5.41) is 23.0. The molecule has 3 N–H and O–H groups in total. The Balaban J connectivity index is 1.69.